The summed E-state index contributed by atoms with van der Waals surface area (Å²) in [6, 6.07) is 3.93. The van der Waals surface area contributed by atoms with Crippen LogP contribution in [0.4, 0.5) is 4.39 Å². The number of alkyl halides is 1. The second-order valence-electron chi connectivity index (χ2n) is 5.26. The minimum atomic E-state index is -3.59. The van der Waals surface area contributed by atoms with Crippen molar-refractivity contribution in [1.82, 2.24) is 4.31 Å². The molecule has 3 nitrogen and oxygen atoms in total. The molecule has 0 spiro atoms. The van der Waals surface area contributed by atoms with Crippen LogP contribution in [0.15, 0.2) is 23.1 Å². The van der Waals surface area contributed by atoms with Gasteiger partial charge in [-0.2, -0.15) is 4.31 Å². The van der Waals surface area contributed by atoms with E-state index in [4.69, 9.17) is 0 Å². The molecule has 1 aromatic rings. The van der Waals surface area contributed by atoms with Gasteiger partial charge < -0.3 is 0 Å². The van der Waals surface area contributed by atoms with E-state index in [1.165, 1.54) is 16.4 Å². The van der Waals surface area contributed by atoms with Gasteiger partial charge in [-0.1, -0.05) is 22.0 Å². The van der Waals surface area contributed by atoms with E-state index in [-0.39, 0.29) is 4.90 Å². The van der Waals surface area contributed by atoms with E-state index in [2.05, 4.69) is 15.9 Å². The Balaban J connectivity index is 2.27. The van der Waals surface area contributed by atoms with Gasteiger partial charge in [-0.25, -0.2) is 12.8 Å². The van der Waals surface area contributed by atoms with E-state index in [0.29, 0.717) is 24.6 Å². The van der Waals surface area contributed by atoms with Crippen LogP contribution in [-0.2, 0) is 10.0 Å². The summed E-state index contributed by atoms with van der Waals surface area (Å²) in [5, 5.41) is 0.880. The topological polar surface area (TPSA) is 37.4 Å². The second kappa shape index (κ2) is 6.54. The second-order valence-corrected chi connectivity index (χ2v) is 7.96. The lowest BCUT2D eigenvalue weighted by atomic mass is 9.97. The molecule has 1 saturated heterocycles. The Morgan fingerprint density at radius 2 is 2.20 bits per heavy atom. The highest BCUT2D eigenvalue weighted by atomic mass is 79.9. The smallest absolute Gasteiger partial charge is 0.207 e. The zero-order valence-corrected chi connectivity index (χ0v) is 13.9. The Morgan fingerprint density at radius 3 is 2.90 bits per heavy atom. The fourth-order valence-corrected chi connectivity index (χ4v) is 5.06. The average molecular weight is 364 g/mol. The van der Waals surface area contributed by atoms with Crippen LogP contribution in [0.2, 0.25) is 0 Å². The van der Waals surface area contributed by atoms with E-state index in [0.717, 1.165) is 30.7 Å². The molecule has 0 N–H and O–H groups in total. The summed E-state index contributed by atoms with van der Waals surface area (Å²) < 4.78 is 40.2. The molecule has 1 heterocycles. The average Bonchev–Trinajstić information content (AvgIpc) is 2.42. The summed E-state index contributed by atoms with van der Waals surface area (Å²) in [5.74, 6) is -0.130. The molecule has 0 radical (unpaired) electrons. The van der Waals surface area contributed by atoms with Crippen LogP contribution in [0.5, 0.6) is 0 Å². The van der Waals surface area contributed by atoms with Crippen molar-refractivity contribution in [3.05, 3.63) is 29.6 Å². The highest BCUT2D eigenvalue weighted by Crippen LogP contribution is 2.27. The zero-order valence-electron chi connectivity index (χ0n) is 11.5. The van der Waals surface area contributed by atoms with E-state index in [9.17, 15) is 12.8 Å². The molecular formula is C14H19BrFNO2S. The number of hydrogen-bond donors (Lipinski definition) is 0. The number of halogens is 2. The van der Waals surface area contributed by atoms with Gasteiger partial charge in [0.1, 0.15) is 5.82 Å². The van der Waals surface area contributed by atoms with Gasteiger partial charge in [0.2, 0.25) is 10.0 Å². The van der Waals surface area contributed by atoms with Crippen molar-refractivity contribution in [3.63, 3.8) is 0 Å². The maximum absolute atomic E-state index is 13.4. The van der Waals surface area contributed by atoms with Crippen LogP contribution in [0.1, 0.15) is 24.8 Å². The van der Waals surface area contributed by atoms with Crippen LogP contribution in [0, 0.1) is 18.7 Å². The Kier molecular flexibility index (Phi) is 5.20. The van der Waals surface area contributed by atoms with Crippen molar-refractivity contribution in [2.24, 2.45) is 5.92 Å². The lowest BCUT2D eigenvalue weighted by Gasteiger charge is -2.32. The molecule has 1 aromatic carbocycles. The third kappa shape index (κ3) is 3.40. The van der Waals surface area contributed by atoms with Gasteiger partial charge >= 0.3 is 0 Å². The highest BCUT2D eigenvalue weighted by Gasteiger charge is 2.31. The molecule has 1 aliphatic rings. The molecule has 0 aliphatic carbocycles. The van der Waals surface area contributed by atoms with E-state index in [1.54, 1.807) is 6.92 Å². The van der Waals surface area contributed by atoms with Crippen molar-refractivity contribution in [1.29, 1.82) is 0 Å². The molecule has 2 rings (SSSR count). The molecule has 0 saturated carbocycles. The van der Waals surface area contributed by atoms with Crippen molar-refractivity contribution < 1.29 is 12.8 Å². The van der Waals surface area contributed by atoms with E-state index >= 15 is 0 Å². The van der Waals surface area contributed by atoms with Crippen molar-refractivity contribution in [2.75, 3.05) is 18.4 Å². The number of rotatable bonds is 4. The number of nitrogens with zero attached hydrogens (tertiary/aromatic N) is 1. The van der Waals surface area contributed by atoms with Gasteiger partial charge in [-0.15, -0.1) is 0 Å². The van der Waals surface area contributed by atoms with Crippen LogP contribution in [-0.4, -0.2) is 31.1 Å². The summed E-state index contributed by atoms with van der Waals surface area (Å²) in [5.41, 5.74) is 0.592. The normalized spacial score (nSPS) is 21.1. The molecule has 6 heteroatoms. The standard InChI is InChI=1S/C14H19BrFNO2S/c1-11-4-5-13(16)9-14(11)20(18,19)17-8-2-3-12(10-17)6-7-15/h4-5,9,12H,2-3,6-8,10H2,1H3. The monoisotopic (exact) mass is 363 g/mol. The van der Waals surface area contributed by atoms with Crippen LogP contribution in [0.25, 0.3) is 0 Å². The number of hydrogen-bond acceptors (Lipinski definition) is 2. The third-order valence-electron chi connectivity index (χ3n) is 3.77. The third-order valence-corrected chi connectivity index (χ3v) is 6.23. The maximum Gasteiger partial charge on any atom is 0.243 e. The summed E-state index contributed by atoms with van der Waals surface area (Å²) >= 11 is 3.40. The summed E-state index contributed by atoms with van der Waals surface area (Å²) in [7, 11) is -3.59. The molecule has 1 aliphatic heterocycles. The molecule has 0 aromatic heterocycles. The summed E-state index contributed by atoms with van der Waals surface area (Å²) in [4.78, 5) is 0.0944. The highest BCUT2D eigenvalue weighted by molar-refractivity contribution is 9.09. The quantitative estimate of drug-likeness (QED) is 0.769. The maximum atomic E-state index is 13.4. The lowest BCUT2D eigenvalue weighted by Crippen LogP contribution is -2.40. The van der Waals surface area contributed by atoms with Gasteiger partial charge in [-0.3, -0.25) is 0 Å². The Labute approximate surface area is 128 Å². The minimum Gasteiger partial charge on any atom is -0.207 e. The molecular weight excluding hydrogens is 345 g/mol. The van der Waals surface area contributed by atoms with Gasteiger partial charge in [0.05, 0.1) is 4.90 Å². The fraction of sp³-hybridized carbons (Fsp3) is 0.571. The fourth-order valence-electron chi connectivity index (χ4n) is 2.63. The SMILES string of the molecule is Cc1ccc(F)cc1S(=O)(=O)N1CCCC(CCBr)C1. The number of sulfonamides is 1. The van der Waals surface area contributed by atoms with Crippen LogP contribution < -0.4 is 0 Å². The molecule has 1 atom stereocenters. The molecule has 0 bridgehead atoms. The zero-order chi connectivity index (χ0) is 14.8. The first-order chi connectivity index (χ1) is 9.45. The number of benzene rings is 1. The van der Waals surface area contributed by atoms with Crippen LogP contribution in [0.3, 0.4) is 0 Å². The first kappa shape index (κ1) is 15.9. The molecule has 1 unspecified atom stereocenters. The predicted molar refractivity (Wildman–Crippen MR) is 81.0 cm³/mol. The Bertz CT molecular complexity index is 575. The van der Waals surface area contributed by atoms with Crippen molar-refractivity contribution in [3.8, 4) is 0 Å². The number of aryl methyl sites for hydroxylation is 1. The van der Waals surface area contributed by atoms with Gasteiger partial charge in [-0.05, 0) is 49.8 Å². The van der Waals surface area contributed by atoms with Gasteiger partial charge in [0.15, 0.2) is 0 Å². The van der Waals surface area contributed by atoms with Gasteiger partial charge in [0.25, 0.3) is 0 Å². The summed E-state index contributed by atoms with van der Waals surface area (Å²) in [6.45, 7) is 2.76. The van der Waals surface area contributed by atoms with Crippen molar-refractivity contribution in [2.45, 2.75) is 31.1 Å². The van der Waals surface area contributed by atoms with E-state index < -0.39 is 15.8 Å². The lowest BCUT2D eigenvalue weighted by molar-refractivity contribution is 0.263. The first-order valence-electron chi connectivity index (χ1n) is 6.77. The summed E-state index contributed by atoms with van der Waals surface area (Å²) in [6.07, 6.45) is 2.89. The largest absolute Gasteiger partial charge is 0.243 e. The molecule has 1 fully saturated rings. The molecule has 0 amide bonds. The van der Waals surface area contributed by atoms with Crippen molar-refractivity contribution >= 4 is 26.0 Å². The number of piperidine rings is 1. The Morgan fingerprint density at radius 1 is 1.45 bits per heavy atom. The predicted octanol–water partition coefficient (Wildman–Crippen LogP) is 3.32. The minimum absolute atomic E-state index is 0.0944. The van der Waals surface area contributed by atoms with E-state index in [1.807, 2.05) is 0 Å². The first-order valence-corrected chi connectivity index (χ1v) is 9.33. The Hall–Kier alpha value is -0.460. The van der Waals surface area contributed by atoms with Crippen LogP contribution >= 0.6 is 15.9 Å². The van der Waals surface area contributed by atoms with Gasteiger partial charge in [0, 0.05) is 18.4 Å². The molecule has 112 valence electrons. The molecule has 20 heavy (non-hydrogen) atoms.